The highest BCUT2D eigenvalue weighted by Crippen LogP contribution is 2.38. The quantitative estimate of drug-likeness (QED) is 0.554. The summed E-state index contributed by atoms with van der Waals surface area (Å²) >= 11 is 5.52. The number of benzene rings is 1. The van der Waals surface area contributed by atoms with E-state index in [1.54, 1.807) is 0 Å². The van der Waals surface area contributed by atoms with Crippen molar-refractivity contribution in [3.63, 3.8) is 0 Å². The first-order valence-corrected chi connectivity index (χ1v) is 9.76. The number of carbonyl (C=O) groups is 1. The third kappa shape index (κ3) is 4.15. The molecule has 0 spiro atoms. The zero-order valence-corrected chi connectivity index (χ0v) is 15.8. The van der Waals surface area contributed by atoms with Crippen LogP contribution >= 0.6 is 11.6 Å². The SMILES string of the molecule is Cn1cc(S(=O)(=O)NC2CC(F)(F)C2)cc1C(=O)Nc1cc(F)c(F)c(Cl)c1. The summed E-state index contributed by atoms with van der Waals surface area (Å²) in [6.07, 6.45) is -0.0567. The van der Waals surface area contributed by atoms with Gasteiger partial charge in [-0.1, -0.05) is 11.6 Å². The predicted octanol–water partition coefficient (Wildman–Crippen LogP) is 3.29. The van der Waals surface area contributed by atoms with Gasteiger partial charge in [-0.05, 0) is 12.1 Å². The maximum Gasteiger partial charge on any atom is 0.272 e. The van der Waals surface area contributed by atoms with Crippen molar-refractivity contribution in [3.8, 4) is 0 Å². The van der Waals surface area contributed by atoms with E-state index in [0.717, 1.165) is 24.4 Å². The smallest absolute Gasteiger partial charge is 0.272 e. The molecule has 2 N–H and O–H groups in total. The zero-order chi connectivity index (χ0) is 20.9. The number of amides is 1. The molecule has 1 aromatic carbocycles. The van der Waals surface area contributed by atoms with Gasteiger partial charge in [-0.15, -0.1) is 0 Å². The van der Waals surface area contributed by atoms with E-state index in [0.29, 0.717) is 0 Å². The van der Waals surface area contributed by atoms with Crippen molar-refractivity contribution < 1.29 is 30.8 Å². The minimum absolute atomic E-state index is 0.111. The second-order valence-corrected chi connectivity index (χ2v) is 8.58. The molecule has 0 aliphatic heterocycles. The lowest BCUT2D eigenvalue weighted by atomic mass is 9.89. The summed E-state index contributed by atoms with van der Waals surface area (Å²) < 4.78 is 80.3. The molecular weight excluding hydrogens is 426 g/mol. The summed E-state index contributed by atoms with van der Waals surface area (Å²) in [4.78, 5) is 12.1. The van der Waals surface area contributed by atoms with Gasteiger partial charge in [-0.3, -0.25) is 4.79 Å². The first kappa shape index (κ1) is 20.6. The van der Waals surface area contributed by atoms with Crippen LogP contribution in [0.25, 0.3) is 0 Å². The van der Waals surface area contributed by atoms with E-state index >= 15 is 0 Å². The zero-order valence-electron chi connectivity index (χ0n) is 14.3. The van der Waals surface area contributed by atoms with Crippen LogP contribution in [0.15, 0.2) is 29.3 Å². The van der Waals surface area contributed by atoms with E-state index in [2.05, 4.69) is 10.0 Å². The molecule has 12 heteroatoms. The molecule has 0 atom stereocenters. The predicted molar refractivity (Wildman–Crippen MR) is 93.0 cm³/mol. The fourth-order valence-electron chi connectivity index (χ4n) is 2.76. The van der Waals surface area contributed by atoms with E-state index in [4.69, 9.17) is 11.6 Å². The van der Waals surface area contributed by atoms with Crippen molar-refractivity contribution >= 4 is 33.2 Å². The van der Waals surface area contributed by atoms with E-state index in [9.17, 15) is 30.8 Å². The Morgan fingerprint density at radius 3 is 2.46 bits per heavy atom. The lowest BCUT2D eigenvalue weighted by molar-refractivity contribution is -0.0876. The number of aromatic nitrogens is 1. The minimum atomic E-state index is -4.11. The lowest BCUT2D eigenvalue weighted by Crippen LogP contribution is -2.50. The van der Waals surface area contributed by atoms with Gasteiger partial charge in [0, 0.05) is 43.9 Å². The molecule has 152 valence electrons. The van der Waals surface area contributed by atoms with Crippen LogP contribution in [0.5, 0.6) is 0 Å². The van der Waals surface area contributed by atoms with Crippen molar-refractivity contribution in [2.24, 2.45) is 7.05 Å². The number of sulfonamides is 1. The molecule has 0 unspecified atom stereocenters. The molecule has 0 bridgehead atoms. The number of alkyl halides is 2. The van der Waals surface area contributed by atoms with Crippen molar-refractivity contribution in [1.82, 2.24) is 9.29 Å². The Morgan fingerprint density at radius 2 is 1.89 bits per heavy atom. The van der Waals surface area contributed by atoms with Crippen LogP contribution in [0.1, 0.15) is 23.3 Å². The van der Waals surface area contributed by atoms with Gasteiger partial charge in [-0.2, -0.15) is 0 Å². The van der Waals surface area contributed by atoms with E-state index in [-0.39, 0.29) is 16.3 Å². The normalized spacial score (nSPS) is 16.6. The van der Waals surface area contributed by atoms with E-state index in [1.807, 2.05) is 0 Å². The average Bonchev–Trinajstić information content (AvgIpc) is 2.93. The molecule has 0 radical (unpaired) electrons. The average molecular weight is 440 g/mol. The van der Waals surface area contributed by atoms with Gasteiger partial charge in [0.2, 0.25) is 10.0 Å². The highest BCUT2D eigenvalue weighted by molar-refractivity contribution is 7.89. The second-order valence-electron chi connectivity index (χ2n) is 6.46. The number of nitrogens with zero attached hydrogens (tertiary/aromatic N) is 1. The highest BCUT2D eigenvalue weighted by atomic mass is 35.5. The van der Waals surface area contributed by atoms with Gasteiger partial charge in [0.05, 0.1) is 5.02 Å². The molecule has 1 amide bonds. The monoisotopic (exact) mass is 439 g/mol. The van der Waals surface area contributed by atoms with Crippen LogP contribution in [0, 0.1) is 11.6 Å². The number of hydrogen-bond acceptors (Lipinski definition) is 3. The van der Waals surface area contributed by atoms with Crippen molar-refractivity contribution in [2.45, 2.75) is 29.7 Å². The standard InChI is InChI=1S/C16H14ClF4N3O3S/c1-24-7-10(28(26,27)23-9-5-16(20,21)6-9)4-13(24)15(25)22-8-2-11(17)14(19)12(18)3-8/h2-4,7,9,23H,5-6H2,1H3,(H,22,25). The molecule has 28 heavy (non-hydrogen) atoms. The van der Waals surface area contributed by atoms with Crippen molar-refractivity contribution in [3.05, 3.63) is 46.7 Å². The van der Waals surface area contributed by atoms with Crippen LogP contribution in [0.3, 0.4) is 0 Å². The number of aryl methyl sites for hydroxylation is 1. The number of rotatable bonds is 5. The van der Waals surface area contributed by atoms with Crippen LogP contribution in [-0.4, -0.2) is 30.9 Å². The minimum Gasteiger partial charge on any atom is -0.345 e. The van der Waals surface area contributed by atoms with Crippen molar-refractivity contribution in [1.29, 1.82) is 0 Å². The molecule has 1 heterocycles. The molecule has 0 saturated heterocycles. The number of carbonyl (C=O) groups excluding carboxylic acids is 1. The number of halogens is 5. The fourth-order valence-corrected chi connectivity index (χ4v) is 4.27. The Morgan fingerprint density at radius 1 is 1.25 bits per heavy atom. The Balaban J connectivity index is 1.77. The van der Waals surface area contributed by atoms with Crippen LogP contribution in [0.4, 0.5) is 23.2 Å². The summed E-state index contributed by atoms with van der Waals surface area (Å²) in [5.41, 5.74) is -0.241. The molecule has 3 rings (SSSR count). The van der Waals surface area contributed by atoms with Gasteiger partial charge in [0.15, 0.2) is 11.6 Å². The fraction of sp³-hybridized carbons (Fsp3) is 0.312. The molecule has 6 nitrogen and oxygen atoms in total. The van der Waals surface area contributed by atoms with Gasteiger partial charge >= 0.3 is 0 Å². The van der Waals surface area contributed by atoms with Crippen molar-refractivity contribution in [2.75, 3.05) is 5.32 Å². The third-order valence-corrected chi connectivity index (χ3v) is 5.94. The van der Waals surface area contributed by atoms with Crippen LogP contribution in [-0.2, 0) is 17.1 Å². The first-order chi connectivity index (χ1) is 12.9. The van der Waals surface area contributed by atoms with Crippen LogP contribution < -0.4 is 10.0 Å². The Hall–Kier alpha value is -2.11. The highest BCUT2D eigenvalue weighted by Gasteiger charge is 2.47. The molecule has 1 aromatic heterocycles. The molecule has 1 aliphatic carbocycles. The third-order valence-electron chi connectivity index (χ3n) is 4.18. The number of hydrogen-bond donors (Lipinski definition) is 2. The molecule has 1 aliphatic rings. The number of anilines is 1. The topological polar surface area (TPSA) is 80.2 Å². The summed E-state index contributed by atoms with van der Waals surface area (Å²) in [5.74, 6) is -6.22. The molecule has 2 aromatic rings. The Labute approximate surface area is 162 Å². The summed E-state index contributed by atoms with van der Waals surface area (Å²) in [6.45, 7) is 0. The maximum atomic E-state index is 13.4. The lowest BCUT2D eigenvalue weighted by Gasteiger charge is -2.34. The molecule has 1 saturated carbocycles. The van der Waals surface area contributed by atoms with Gasteiger partial charge < -0.3 is 9.88 Å². The van der Waals surface area contributed by atoms with Gasteiger partial charge in [0.25, 0.3) is 11.8 Å². The first-order valence-electron chi connectivity index (χ1n) is 7.90. The molecule has 1 fully saturated rings. The van der Waals surface area contributed by atoms with Crippen LogP contribution in [0.2, 0.25) is 5.02 Å². The van der Waals surface area contributed by atoms with E-state index < -0.39 is 57.4 Å². The van der Waals surface area contributed by atoms with Gasteiger partial charge in [-0.25, -0.2) is 30.7 Å². The Bertz CT molecular complexity index is 1020. The number of nitrogens with one attached hydrogen (secondary N) is 2. The second kappa shape index (κ2) is 7.05. The summed E-state index contributed by atoms with van der Waals surface area (Å²) in [6, 6.07) is 1.87. The summed E-state index contributed by atoms with van der Waals surface area (Å²) in [5, 5.41) is 1.75. The van der Waals surface area contributed by atoms with Gasteiger partial charge in [0.1, 0.15) is 10.6 Å². The molecular formula is C16H14ClF4N3O3S. The maximum absolute atomic E-state index is 13.4. The Kier molecular flexibility index (Phi) is 5.19. The van der Waals surface area contributed by atoms with E-state index in [1.165, 1.54) is 11.6 Å². The largest absolute Gasteiger partial charge is 0.345 e. The summed E-state index contributed by atoms with van der Waals surface area (Å²) in [7, 11) is -2.72.